The summed E-state index contributed by atoms with van der Waals surface area (Å²) in [6, 6.07) is 4.17. The van der Waals surface area contributed by atoms with Crippen LogP contribution in [0.2, 0.25) is 0 Å². The SMILES string of the molecule is CSc1cccnc1C1CC1. The van der Waals surface area contributed by atoms with Crippen LogP contribution in [-0.2, 0) is 0 Å². The van der Waals surface area contributed by atoms with Gasteiger partial charge in [0.05, 0.1) is 5.69 Å². The first-order valence-electron chi connectivity index (χ1n) is 3.90. The predicted molar refractivity (Wildman–Crippen MR) is 48.0 cm³/mol. The first-order chi connectivity index (χ1) is 5.42. The molecule has 1 nitrogen and oxygen atoms in total. The van der Waals surface area contributed by atoms with Gasteiger partial charge in [0.15, 0.2) is 0 Å². The van der Waals surface area contributed by atoms with Crippen molar-refractivity contribution in [1.82, 2.24) is 4.98 Å². The third-order valence-corrected chi connectivity index (χ3v) is 2.77. The van der Waals surface area contributed by atoms with Crippen LogP contribution in [0.3, 0.4) is 0 Å². The summed E-state index contributed by atoms with van der Waals surface area (Å²) < 4.78 is 0. The van der Waals surface area contributed by atoms with Crippen molar-refractivity contribution in [1.29, 1.82) is 0 Å². The zero-order valence-electron chi connectivity index (χ0n) is 6.58. The van der Waals surface area contributed by atoms with E-state index in [2.05, 4.69) is 17.3 Å². The molecule has 0 unspecified atom stereocenters. The molecule has 1 fully saturated rings. The van der Waals surface area contributed by atoms with E-state index in [1.807, 2.05) is 12.3 Å². The Morgan fingerprint density at radius 2 is 2.36 bits per heavy atom. The van der Waals surface area contributed by atoms with Gasteiger partial charge >= 0.3 is 0 Å². The molecule has 1 aromatic heterocycles. The van der Waals surface area contributed by atoms with Gasteiger partial charge in [0, 0.05) is 17.0 Å². The highest BCUT2D eigenvalue weighted by molar-refractivity contribution is 7.98. The lowest BCUT2D eigenvalue weighted by molar-refractivity contribution is 0.968. The van der Waals surface area contributed by atoms with Gasteiger partial charge in [-0.2, -0.15) is 0 Å². The fraction of sp³-hybridized carbons (Fsp3) is 0.444. The van der Waals surface area contributed by atoms with Gasteiger partial charge in [0.25, 0.3) is 0 Å². The molecule has 2 rings (SSSR count). The summed E-state index contributed by atoms with van der Waals surface area (Å²) in [6.45, 7) is 0. The summed E-state index contributed by atoms with van der Waals surface area (Å²) in [5.74, 6) is 0.777. The number of pyridine rings is 1. The lowest BCUT2D eigenvalue weighted by Gasteiger charge is -2.02. The Kier molecular flexibility index (Phi) is 1.86. The molecule has 1 aliphatic carbocycles. The second kappa shape index (κ2) is 2.86. The second-order valence-corrected chi connectivity index (χ2v) is 3.71. The van der Waals surface area contributed by atoms with Crippen molar-refractivity contribution in [2.45, 2.75) is 23.7 Å². The van der Waals surface area contributed by atoms with E-state index in [1.54, 1.807) is 11.8 Å². The third kappa shape index (κ3) is 1.41. The van der Waals surface area contributed by atoms with E-state index >= 15 is 0 Å². The van der Waals surface area contributed by atoms with Gasteiger partial charge in [0.1, 0.15) is 0 Å². The molecule has 0 spiro atoms. The van der Waals surface area contributed by atoms with Gasteiger partial charge in [0.2, 0.25) is 0 Å². The van der Waals surface area contributed by atoms with Crippen molar-refractivity contribution >= 4 is 11.8 Å². The lowest BCUT2D eigenvalue weighted by Crippen LogP contribution is -1.87. The van der Waals surface area contributed by atoms with Gasteiger partial charge in [-0.1, -0.05) is 0 Å². The smallest absolute Gasteiger partial charge is 0.0569 e. The van der Waals surface area contributed by atoms with Gasteiger partial charge in [-0.05, 0) is 31.2 Å². The monoisotopic (exact) mass is 165 g/mol. The van der Waals surface area contributed by atoms with Crippen LogP contribution in [0.4, 0.5) is 0 Å². The molecule has 0 aliphatic heterocycles. The number of rotatable bonds is 2. The Labute approximate surface area is 71.2 Å². The third-order valence-electron chi connectivity index (χ3n) is 1.98. The van der Waals surface area contributed by atoms with E-state index in [1.165, 1.54) is 23.4 Å². The maximum Gasteiger partial charge on any atom is 0.0569 e. The van der Waals surface area contributed by atoms with Crippen LogP contribution < -0.4 is 0 Å². The van der Waals surface area contributed by atoms with Crippen molar-refractivity contribution in [2.75, 3.05) is 6.26 Å². The topological polar surface area (TPSA) is 12.9 Å². The molecule has 0 atom stereocenters. The molecule has 2 heteroatoms. The number of thioether (sulfide) groups is 1. The van der Waals surface area contributed by atoms with E-state index in [0.717, 1.165) is 5.92 Å². The van der Waals surface area contributed by atoms with Crippen LogP contribution >= 0.6 is 11.8 Å². The minimum absolute atomic E-state index is 0.777. The molecular formula is C9H11NS. The lowest BCUT2D eigenvalue weighted by atomic mass is 10.2. The molecule has 0 saturated heterocycles. The first kappa shape index (κ1) is 7.17. The molecule has 0 radical (unpaired) electrons. The predicted octanol–water partition coefficient (Wildman–Crippen LogP) is 2.68. The summed E-state index contributed by atoms with van der Waals surface area (Å²) in [4.78, 5) is 5.75. The quantitative estimate of drug-likeness (QED) is 0.625. The van der Waals surface area contributed by atoms with Crippen molar-refractivity contribution in [3.8, 4) is 0 Å². The number of hydrogen-bond donors (Lipinski definition) is 0. The Balaban J connectivity index is 2.34. The van der Waals surface area contributed by atoms with Crippen LogP contribution in [0.25, 0.3) is 0 Å². The van der Waals surface area contributed by atoms with E-state index in [9.17, 15) is 0 Å². The molecular weight excluding hydrogens is 154 g/mol. The summed E-state index contributed by atoms with van der Waals surface area (Å²) >= 11 is 1.80. The van der Waals surface area contributed by atoms with Crippen LogP contribution in [0.15, 0.2) is 23.2 Å². The van der Waals surface area contributed by atoms with Crippen LogP contribution in [0.5, 0.6) is 0 Å². The number of aromatic nitrogens is 1. The zero-order chi connectivity index (χ0) is 7.68. The normalized spacial score (nSPS) is 16.8. The fourth-order valence-electron chi connectivity index (χ4n) is 1.24. The zero-order valence-corrected chi connectivity index (χ0v) is 7.40. The van der Waals surface area contributed by atoms with E-state index in [0.29, 0.717) is 0 Å². The Morgan fingerprint density at radius 1 is 1.55 bits per heavy atom. The first-order valence-corrected chi connectivity index (χ1v) is 5.13. The Hall–Kier alpha value is -0.500. The van der Waals surface area contributed by atoms with E-state index in [4.69, 9.17) is 0 Å². The van der Waals surface area contributed by atoms with Crippen molar-refractivity contribution in [3.05, 3.63) is 24.0 Å². The second-order valence-electron chi connectivity index (χ2n) is 2.87. The van der Waals surface area contributed by atoms with Gasteiger partial charge < -0.3 is 0 Å². The summed E-state index contributed by atoms with van der Waals surface area (Å²) in [5.41, 5.74) is 1.32. The minimum atomic E-state index is 0.777. The highest BCUT2D eigenvalue weighted by atomic mass is 32.2. The molecule has 11 heavy (non-hydrogen) atoms. The molecule has 1 aliphatic rings. The van der Waals surface area contributed by atoms with E-state index < -0.39 is 0 Å². The molecule has 0 amide bonds. The van der Waals surface area contributed by atoms with E-state index in [-0.39, 0.29) is 0 Å². The highest BCUT2D eigenvalue weighted by Gasteiger charge is 2.26. The Bertz CT molecular complexity index is 255. The molecule has 0 aromatic carbocycles. The fourth-order valence-corrected chi connectivity index (χ4v) is 1.88. The van der Waals surface area contributed by atoms with Crippen LogP contribution in [0.1, 0.15) is 24.5 Å². The van der Waals surface area contributed by atoms with Crippen LogP contribution in [0, 0.1) is 0 Å². The average Bonchev–Trinajstić information content (AvgIpc) is 2.87. The van der Waals surface area contributed by atoms with Gasteiger partial charge in [-0.25, -0.2) is 0 Å². The molecule has 1 heterocycles. The molecule has 0 N–H and O–H groups in total. The number of nitrogens with zero attached hydrogens (tertiary/aromatic N) is 1. The summed E-state index contributed by atoms with van der Waals surface area (Å²) in [7, 11) is 0. The summed E-state index contributed by atoms with van der Waals surface area (Å²) in [6.07, 6.45) is 6.69. The molecule has 1 saturated carbocycles. The molecule has 1 aromatic rings. The largest absolute Gasteiger partial charge is 0.260 e. The standard InChI is InChI=1S/C9H11NS/c1-11-8-3-2-6-10-9(8)7-4-5-7/h2-3,6-7H,4-5H2,1H3. The maximum atomic E-state index is 4.39. The van der Waals surface area contributed by atoms with Crippen molar-refractivity contribution < 1.29 is 0 Å². The van der Waals surface area contributed by atoms with Crippen molar-refractivity contribution in [2.24, 2.45) is 0 Å². The molecule has 0 bridgehead atoms. The minimum Gasteiger partial charge on any atom is -0.260 e. The van der Waals surface area contributed by atoms with Crippen molar-refractivity contribution in [3.63, 3.8) is 0 Å². The average molecular weight is 165 g/mol. The summed E-state index contributed by atoms with van der Waals surface area (Å²) in [5, 5.41) is 0. The van der Waals surface area contributed by atoms with Crippen LogP contribution in [-0.4, -0.2) is 11.2 Å². The molecule has 58 valence electrons. The van der Waals surface area contributed by atoms with Gasteiger partial charge in [-0.15, -0.1) is 11.8 Å². The maximum absolute atomic E-state index is 4.39. The van der Waals surface area contributed by atoms with Gasteiger partial charge in [-0.3, -0.25) is 4.98 Å². The highest BCUT2D eigenvalue weighted by Crippen LogP contribution is 2.42. The Morgan fingerprint density at radius 3 is 3.00 bits per heavy atom. The number of hydrogen-bond acceptors (Lipinski definition) is 2.